The van der Waals surface area contributed by atoms with E-state index in [1.54, 1.807) is 0 Å². The molecule has 2 amide bonds. The summed E-state index contributed by atoms with van der Waals surface area (Å²) in [7, 11) is 0. The van der Waals surface area contributed by atoms with Crippen molar-refractivity contribution in [3.8, 4) is 0 Å². The third-order valence-electron chi connectivity index (χ3n) is 3.54. The molecule has 0 fully saturated rings. The number of nitrogens with one attached hydrogen (secondary N) is 2. The minimum absolute atomic E-state index is 0.0299. The number of carbonyl (C=O) groups excluding carboxylic acids is 1. The minimum Gasteiger partial charge on any atom is -0.451 e. The van der Waals surface area contributed by atoms with Crippen LogP contribution in [-0.2, 0) is 0 Å². The zero-order valence-electron chi connectivity index (χ0n) is 13.6. The summed E-state index contributed by atoms with van der Waals surface area (Å²) in [6, 6.07) is 0.448. The Kier molecular flexibility index (Phi) is 4.67. The first-order valence-electron chi connectivity index (χ1n) is 7.35. The minimum atomic E-state index is -2.29. The maximum Gasteiger partial charge on any atom is 0.324 e. The van der Waals surface area contributed by atoms with Crippen molar-refractivity contribution >= 4 is 34.3 Å². The predicted octanol–water partition coefficient (Wildman–Crippen LogP) is 3.78. The Morgan fingerprint density at radius 2 is 1.85 bits per heavy atom. The number of halogens is 4. The number of nitrogens with zero attached hydrogens (tertiary/aromatic N) is 2. The van der Waals surface area contributed by atoms with Crippen molar-refractivity contribution in [3.63, 3.8) is 0 Å². The summed E-state index contributed by atoms with van der Waals surface area (Å²) < 4.78 is 59.1. The van der Waals surface area contributed by atoms with Gasteiger partial charge in [0.2, 0.25) is 5.95 Å². The lowest BCUT2D eigenvalue weighted by atomic mass is 10.1. The van der Waals surface area contributed by atoms with Gasteiger partial charge in [-0.3, -0.25) is 5.32 Å². The average molecular weight is 381 g/mol. The molecule has 0 saturated carbocycles. The monoisotopic (exact) mass is 381 g/mol. The number of nitrogen functional groups attached to an aromatic ring is 1. The molecule has 0 atom stereocenters. The molecule has 7 nitrogen and oxygen atoms in total. The highest BCUT2D eigenvalue weighted by molar-refractivity contribution is 5.96. The normalized spacial score (nSPS) is 10.7. The van der Waals surface area contributed by atoms with Gasteiger partial charge < -0.3 is 15.5 Å². The molecule has 3 aromatic rings. The van der Waals surface area contributed by atoms with E-state index in [1.807, 2.05) is 5.32 Å². The highest BCUT2D eigenvalue weighted by Crippen LogP contribution is 2.33. The molecule has 1 aromatic carbocycles. The molecule has 11 heteroatoms. The molecule has 140 valence electrons. The van der Waals surface area contributed by atoms with Gasteiger partial charge in [0.1, 0.15) is 5.82 Å². The number of aryl methyl sites for hydroxylation is 1. The molecular formula is C16H11F4N5O2. The van der Waals surface area contributed by atoms with E-state index in [-0.39, 0.29) is 22.6 Å². The highest BCUT2D eigenvalue weighted by atomic mass is 19.3. The molecule has 0 aliphatic carbocycles. The third-order valence-corrected chi connectivity index (χ3v) is 3.54. The van der Waals surface area contributed by atoms with Crippen LogP contribution in [0.5, 0.6) is 0 Å². The largest absolute Gasteiger partial charge is 0.451 e. The Labute approximate surface area is 148 Å². The van der Waals surface area contributed by atoms with Crippen LogP contribution in [-0.4, -0.2) is 16.0 Å². The number of hydrogen-bond donors (Lipinski definition) is 3. The first-order chi connectivity index (χ1) is 12.8. The number of hydrogen-bond acceptors (Lipinski definition) is 5. The van der Waals surface area contributed by atoms with Crippen LogP contribution in [0.1, 0.15) is 11.3 Å². The van der Waals surface area contributed by atoms with Crippen LogP contribution in [0.4, 0.5) is 34.0 Å². The quantitative estimate of drug-likeness (QED) is 0.599. The zero-order valence-corrected chi connectivity index (χ0v) is 13.6. The van der Waals surface area contributed by atoms with Crippen LogP contribution in [0.25, 0.3) is 16.7 Å². The van der Waals surface area contributed by atoms with E-state index >= 15 is 0 Å². The van der Waals surface area contributed by atoms with Crippen molar-refractivity contribution in [1.29, 1.82) is 0 Å². The SMILES string of the molecule is Cc1c(C(NC(=O)Nc2cnc(N)nc2)=C(F)F)oc2c(F)cc(F)cc12. The van der Waals surface area contributed by atoms with Gasteiger partial charge in [0.15, 0.2) is 22.9 Å². The number of amides is 2. The number of furan rings is 1. The number of nitrogens with two attached hydrogens (primary N) is 1. The summed E-state index contributed by atoms with van der Waals surface area (Å²) in [5.74, 6) is -2.49. The molecular weight excluding hydrogens is 370 g/mol. The van der Waals surface area contributed by atoms with Gasteiger partial charge in [0.05, 0.1) is 18.1 Å². The van der Waals surface area contributed by atoms with Crippen molar-refractivity contribution in [2.75, 3.05) is 11.1 Å². The van der Waals surface area contributed by atoms with Gasteiger partial charge in [0.25, 0.3) is 6.08 Å². The Morgan fingerprint density at radius 1 is 1.19 bits per heavy atom. The van der Waals surface area contributed by atoms with Gasteiger partial charge in [-0.05, 0) is 13.0 Å². The molecule has 0 aliphatic heterocycles. The zero-order chi connectivity index (χ0) is 19.7. The maximum atomic E-state index is 13.8. The van der Waals surface area contributed by atoms with E-state index in [2.05, 4.69) is 15.3 Å². The van der Waals surface area contributed by atoms with E-state index in [0.29, 0.717) is 6.07 Å². The van der Waals surface area contributed by atoms with Crippen LogP contribution < -0.4 is 16.4 Å². The van der Waals surface area contributed by atoms with E-state index in [0.717, 1.165) is 6.07 Å². The molecule has 0 aliphatic rings. The molecule has 0 unspecified atom stereocenters. The Hall–Kier alpha value is -3.63. The van der Waals surface area contributed by atoms with Crippen molar-refractivity contribution < 1.29 is 26.8 Å². The molecule has 2 aromatic heterocycles. The Balaban J connectivity index is 1.93. The van der Waals surface area contributed by atoms with Gasteiger partial charge in [-0.1, -0.05) is 0 Å². The van der Waals surface area contributed by atoms with Crippen molar-refractivity contribution in [2.24, 2.45) is 0 Å². The molecule has 2 heterocycles. The van der Waals surface area contributed by atoms with Gasteiger partial charge >= 0.3 is 6.03 Å². The number of rotatable bonds is 3. The van der Waals surface area contributed by atoms with Crippen molar-refractivity contribution in [1.82, 2.24) is 15.3 Å². The second-order valence-corrected chi connectivity index (χ2v) is 5.36. The Bertz CT molecular complexity index is 1060. The standard InChI is InChI=1S/C16H11F4N5O2/c1-6-9-2-7(17)3-10(18)13(9)27-12(6)11(14(19)20)25-16(26)24-8-4-22-15(21)23-5-8/h2-5H,1H3,(H2,21,22,23)(H2,24,25,26). The van der Waals surface area contributed by atoms with Crippen LogP contribution >= 0.6 is 0 Å². The molecule has 0 saturated heterocycles. The van der Waals surface area contributed by atoms with E-state index in [1.165, 1.54) is 19.3 Å². The topological polar surface area (TPSA) is 106 Å². The lowest BCUT2D eigenvalue weighted by Crippen LogP contribution is -2.28. The molecule has 27 heavy (non-hydrogen) atoms. The number of anilines is 2. The number of fused-ring (bicyclic) bond motifs is 1. The summed E-state index contributed by atoms with van der Waals surface area (Å²) >= 11 is 0. The number of benzene rings is 1. The lowest BCUT2D eigenvalue weighted by Gasteiger charge is -2.09. The predicted molar refractivity (Wildman–Crippen MR) is 88.6 cm³/mol. The molecule has 0 spiro atoms. The van der Waals surface area contributed by atoms with Gasteiger partial charge in [-0.2, -0.15) is 8.78 Å². The highest BCUT2D eigenvalue weighted by Gasteiger charge is 2.23. The average Bonchev–Trinajstić information content (AvgIpc) is 2.92. The second kappa shape index (κ2) is 6.94. The van der Waals surface area contributed by atoms with Crippen molar-refractivity contribution in [2.45, 2.75) is 6.92 Å². The summed E-state index contributed by atoms with van der Waals surface area (Å²) in [5.41, 5.74) is 4.03. The summed E-state index contributed by atoms with van der Waals surface area (Å²) in [6.45, 7) is 1.33. The molecule has 4 N–H and O–H groups in total. The van der Waals surface area contributed by atoms with Crippen LogP contribution in [0.2, 0.25) is 0 Å². The van der Waals surface area contributed by atoms with Gasteiger partial charge in [-0.25, -0.2) is 23.5 Å². The van der Waals surface area contributed by atoms with Gasteiger partial charge in [0, 0.05) is 17.0 Å². The smallest absolute Gasteiger partial charge is 0.324 e. The van der Waals surface area contributed by atoms with Gasteiger partial charge in [-0.15, -0.1) is 0 Å². The fraction of sp³-hybridized carbons (Fsp3) is 0.0625. The summed E-state index contributed by atoms with van der Waals surface area (Å²) in [6.07, 6.45) is 0.0466. The van der Waals surface area contributed by atoms with E-state index < -0.39 is 40.8 Å². The molecule has 0 bridgehead atoms. The van der Waals surface area contributed by atoms with E-state index in [9.17, 15) is 22.4 Å². The fourth-order valence-electron chi connectivity index (χ4n) is 2.35. The first-order valence-corrected chi connectivity index (χ1v) is 7.35. The first kappa shape index (κ1) is 18.2. The summed E-state index contributed by atoms with van der Waals surface area (Å²) in [4.78, 5) is 19.2. The van der Waals surface area contributed by atoms with Crippen molar-refractivity contribution in [3.05, 3.63) is 53.6 Å². The van der Waals surface area contributed by atoms with Crippen LogP contribution in [0.15, 0.2) is 35.0 Å². The van der Waals surface area contributed by atoms with E-state index in [4.69, 9.17) is 10.2 Å². The number of urea groups is 1. The molecule has 3 rings (SSSR count). The van der Waals surface area contributed by atoms with Crippen LogP contribution in [0.3, 0.4) is 0 Å². The third kappa shape index (κ3) is 3.66. The fourth-order valence-corrected chi connectivity index (χ4v) is 2.35. The number of carbonyl (C=O) groups is 1. The number of aromatic nitrogens is 2. The Morgan fingerprint density at radius 3 is 2.48 bits per heavy atom. The maximum absolute atomic E-state index is 13.8. The van der Waals surface area contributed by atoms with Crippen LogP contribution in [0, 0.1) is 18.6 Å². The lowest BCUT2D eigenvalue weighted by molar-refractivity contribution is 0.255. The second-order valence-electron chi connectivity index (χ2n) is 5.36. The molecule has 0 radical (unpaired) electrons. The summed E-state index contributed by atoms with van der Waals surface area (Å²) in [5, 5.41) is 4.11.